The summed E-state index contributed by atoms with van der Waals surface area (Å²) < 4.78 is 37.1. The molecule has 1 saturated carbocycles. The van der Waals surface area contributed by atoms with Gasteiger partial charge in [0.2, 0.25) is 5.91 Å². The Morgan fingerprint density at radius 3 is 2.34 bits per heavy atom. The second kappa shape index (κ2) is 12.1. The van der Waals surface area contributed by atoms with Crippen LogP contribution in [0.2, 0.25) is 0 Å². The molecular formula is C29H35NO9S2. The van der Waals surface area contributed by atoms with E-state index in [9.17, 15) is 18.9 Å². The summed E-state index contributed by atoms with van der Waals surface area (Å²) in [6.45, 7) is 6.95. The van der Waals surface area contributed by atoms with Gasteiger partial charge < -0.3 is 18.8 Å². The number of carbonyl (C=O) groups excluding carboxylic acids is 2. The molecule has 1 unspecified atom stereocenters. The molecule has 12 heteroatoms. The van der Waals surface area contributed by atoms with Crippen LogP contribution in [0, 0.1) is 0 Å². The molecule has 2 aromatic rings. The van der Waals surface area contributed by atoms with E-state index in [1.165, 1.54) is 5.06 Å². The molecule has 1 amide bonds. The van der Waals surface area contributed by atoms with Crippen LogP contribution in [0.15, 0.2) is 60.7 Å². The Labute approximate surface area is 246 Å². The fourth-order valence-corrected chi connectivity index (χ4v) is 6.54. The average molecular weight is 606 g/mol. The summed E-state index contributed by atoms with van der Waals surface area (Å²) in [5.74, 6) is -0.919. The lowest BCUT2D eigenvalue weighted by atomic mass is 9.65. The Balaban J connectivity index is 1.47. The van der Waals surface area contributed by atoms with Crippen LogP contribution < -0.4 is 0 Å². The molecule has 0 bridgehead atoms. The minimum atomic E-state index is -1.86. The van der Waals surface area contributed by atoms with Crippen LogP contribution in [0.1, 0.15) is 50.0 Å². The molecule has 222 valence electrons. The second-order valence-corrected chi connectivity index (χ2v) is 14.0. The van der Waals surface area contributed by atoms with Crippen molar-refractivity contribution >= 4 is 35.0 Å². The van der Waals surface area contributed by atoms with E-state index in [1.54, 1.807) is 44.2 Å². The number of fused-ring (bicyclic) bond motifs is 2. The Morgan fingerprint density at radius 2 is 1.73 bits per heavy atom. The molecule has 7 atom stereocenters. The second-order valence-electron chi connectivity index (χ2n) is 11.0. The van der Waals surface area contributed by atoms with Gasteiger partial charge in [0.25, 0.3) is 0 Å². The third-order valence-electron chi connectivity index (χ3n) is 7.36. The van der Waals surface area contributed by atoms with Gasteiger partial charge >= 0.3 is 5.97 Å². The highest BCUT2D eigenvalue weighted by molar-refractivity contribution is 7.95. The van der Waals surface area contributed by atoms with Crippen LogP contribution >= 0.6 is 12.0 Å². The predicted molar refractivity (Wildman–Crippen MR) is 152 cm³/mol. The number of esters is 1. The van der Waals surface area contributed by atoms with Crippen molar-refractivity contribution in [3.05, 3.63) is 71.8 Å². The molecule has 2 aromatic carbocycles. The zero-order valence-electron chi connectivity index (χ0n) is 23.3. The number of aliphatic hydroxyl groups is 1. The lowest BCUT2D eigenvalue weighted by Gasteiger charge is -2.57. The summed E-state index contributed by atoms with van der Waals surface area (Å²) >= 11 is -0.715. The highest BCUT2D eigenvalue weighted by atomic mass is 32.2. The Morgan fingerprint density at radius 1 is 1.07 bits per heavy atom. The number of β-lactam (4-membered cyclic amide) rings is 1. The maximum Gasteiger partial charge on any atom is 0.338 e. The normalized spacial score (nSPS) is 31.2. The third kappa shape index (κ3) is 5.83. The maximum atomic E-state index is 13.1. The molecule has 3 aliphatic rings. The fraction of sp³-hybridized carbons (Fsp3) is 0.517. The largest absolute Gasteiger partial charge is 0.459 e. The van der Waals surface area contributed by atoms with E-state index in [4.69, 9.17) is 22.7 Å². The fourth-order valence-electron chi connectivity index (χ4n) is 5.24. The van der Waals surface area contributed by atoms with Gasteiger partial charge in [-0.1, -0.05) is 62.4 Å². The first-order valence-electron chi connectivity index (χ1n) is 13.6. The molecule has 5 rings (SSSR count). The van der Waals surface area contributed by atoms with Crippen molar-refractivity contribution in [1.82, 2.24) is 5.06 Å². The van der Waals surface area contributed by atoms with E-state index in [1.807, 2.05) is 44.2 Å². The van der Waals surface area contributed by atoms with E-state index >= 15 is 0 Å². The van der Waals surface area contributed by atoms with Crippen LogP contribution in [0.25, 0.3) is 0 Å². The molecule has 3 fully saturated rings. The lowest BCUT2D eigenvalue weighted by Crippen LogP contribution is -2.80. The zero-order valence-corrected chi connectivity index (χ0v) is 25.0. The van der Waals surface area contributed by atoms with E-state index < -0.39 is 59.2 Å². The van der Waals surface area contributed by atoms with Crippen molar-refractivity contribution in [3.8, 4) is 0 Å². The molecule has 1 N–H and O–H groups in total. The van der Waals surface area contributed by atoms with Gasteiger partial charge in [-0.05, 0) is 43.6 Å². The van der Waals surface area contributed by atoms with Crippen molar-refractivity contribution in [2.24, 2.45) is 0 Å². The van der Waals surface area contributed by atoms with Crippen LogP contribution in [0.4, 0.5) is 0 Å². The number of benzene rings is 2. The number of amides is 1. The smallest absolute Gasteiger partial charge is 0.338 e. The number of hydroxylamine groups is 2. The Bertz CT molecular complexity index is 1260. The molecule has 2 aliphatic heterocycles. The van der Waals surface area contributed by atoms with Crippen molar-refractivity contribution < 1.29 is 41.6 Å². The molecular weight excluding hydrogens is 570 g/mol. The van der Waals surface area contributed by atoms with E-state index in [0.29, 0.717) is 5.56 Å². The molecule has 41 heavy (non-hydrogen) atoms. The molecule has 0 aromatic heterocycles. The number of hydrogen-bond acceptors (Lipinski definition) is 10. The topological polar surface area (TPSA) is 124 Å². The quantitative estimate of drug-likeness (QED) is 0.167. The minimum absolute atomic E-state index is 0.00961. The molecule has 0 radical (unpaired) electrons. The molecule has 10 nitrogen and oxygen atoms in total. The summed E-state index contributed by atoms with van der Waals surface area (Å²) in [4.78, 5) is 31.8. The van der Waals surface area contributed by atoms with Gasteiger partial charge in [0.15, 0.2) is 16.7 Å². The summed E-state index contributed by atoms with van der Waals surface area (Å²) in [5.41, 5.74) is -1.90. The van der Waals surface area contributed by atoms with Gasteiger partial charge in [0.05, 0.1) is 17.2 Å². The molecule has 1 aliphatic carbocycles. The van der Waals surface area contributed by atoms with Crippen molar-refractivity contribution in [2.75, 3.05) is 6.61 Å². The summed E-state index contributed by atoms with van der Waals surface area (Å²) in [6.07, 6.45) is -3.92. The molecule has 1 spiro atoms. The van der Waals surface area contributed by atoms with Crippen LogP contribution in [0.5, 0.6) is 0 Å². The Hall–Kier alpha value is -2.32. The number of carbonyl (C=O) groups is 2. The number of nitrogens with zero attached hydrogens (tertiary/aromatic N) is 1. The van der Waals surface area contributed by atoms with E-state index in [0.717, 1.165) is 17.6 Å². The van der Waals surface area contributed by atoms with Crippen molar-refractivity contribution in [3.63, 3.8) is 0 Å². The highest BCUT2D eigenvalue weighted by Crippen LogP contribution is 2.59. The summed E-state index contributed by atoms with van der Waals surface area (Å²) in [6, 6.07) is 17.8. The number of epoxide rings is 1. The van der Waals surface area contributed by atoms with E-state index in [-0.39, 0.29) is 29.4 Å². The first kappa shape index (κ1) is 30.1. The van der Waals surface area contributed by atoms with Gasteiger partial charge in [0, 0.05) is 5.25 Å². The van der Waals surface area contributed by atoms with Crippen LogP contribution in [-0.2, 0) is 45.2 Å². The van der Waals surface area contributed by atoms with Gasteiger partial charge in [-0.15, -0.1) is 0 Å². The third-order valence-corrected chi connectivity index (χ3v) is 9.23. The van der Waals surface area contributed by atoms with Crippen molar-refractivity contribution in [2.45, 2.75) is 86.8 Å². The predicted octanol–water partition coefficient (Wildman–Crippen LogP) is 3.36. The Kier molecular flexibility index (Phi) is 8.91. The monoisotopic (exact) mass is 605 g/mol. The van der Waals surface area contributed by atoms with Gasteiger partial charge in [-0.3, -0.25) is 13.8 Å². The minimum Gasteiger partial charge on any atom is -0.459 e. The summed E-state index contributed by atoms with van der Waals surface area (Å²) in [7, 11) is 0. The van der Waals surface area contributed by atoms with Crippen LogP contribution in [-0.4, -0.2) is 78.9 Å². The number of ether oxygens (including phenoxy) is 2. The van der Waals surface area contributed by atoms with Gasteiger partial charge in [-0.25, -0.2) is 14.1 Å². The summed E-state index contributed by atoms with van der Waals surface area (Å²) in [5, 5.41) is 13.0. The lowest BCUT2D eigenvalue weighted by molar-refractivity contribution is -0.300. The maximum absolute atomic E-state index is 13.1. The molecule has 2 heterocycles. The van der Waals surface area contributed by atoms with Crippen molar-refractivity contribution in [1.29, 1.82) is 0 Å². The first-order chi connectivity index (χ1) is 19.6. The average Bonchev–Trinajstić information content (AvgIpc) is 3.77. The number of rotatable bonds is 12. The van der Waals surface area contributed by atoms with E-state index in [2.05, 4.69) is 0 Å². The zero-order chi connectivity index (χ0) is 29.4. The number of hydrogen-bond donors (Lipinski definition) is 1. The first-order valence-corrected chi connectivity index (χ1v) is 15.5. The highest BCUT2D eigenvalue weighted by Gasteiger charge is 2.82. The standard InChI is InChI=1S/C29H35NO9S2/c1-18(2)40-38-26-24(39-41(34)19(3)4)28(15-22(31)30(28)36-16-20-11-7-5-8-12-20)23-25(37-23)29(26,33)17-35-27(32)21-13-9-6-10-14-21/h5-14,18-19,23-26,33H,15-17H2,1-4H3/t23-,24-,25+,26+,28-,29+,41?/m1/s1. The van der Waals surface area contributed by atoms with Crippen LogP contribution in [0.3, 0.4) is 0 Å². The SMILES string of the molecule is CC(C)SO[C@H]1[C@@H](OS(=O)C(C)C)[C@@]2(CC(=O)N2OCc2ccccc2)[C@@H]2O[C@@H]2[C@@]1(O)COC(=O)c1ccccc1. The van der Waals surface area contributed by atoms with Gasteiger partial charge in [0.1, 0.15) is 43.2 Å². The molecule has 2 saturated heterocycles. The van der Waals surface area contributed by atoms with Gasteiger partial charge in [-0.2, -0.15) is 0 Å².